The predicted molar refractivity (Wildman–Crippen MR) is 144 cm³/mol. The lowest BCUT2D eigenvalue weighted by Crippen LogP contribution is -2.32. The molecule has 3 N–H and O–H groups in total. The van der Waals surface area contributed by atoms with E-state index in [-0.39, 0.29) is 28.2 Å². The summed E-state index contributed by atoms with van der Waals surface area (Å²) in [6, 6.07) is 14.6. The molecule has 0 bridgehead atoms. The molecule has 0 atom stereocenters. The predicted octanol–water partition coefficient (Wildman–Crippen LogP) is 5.07. The van der Waals surface area contributed by atoms with Crippen LogP contribution in [0.15, 0.2) is 59.7 Å². The average molecular weight is 564 g/mol. The highest BCUT2D eigenvalue weighted by atomic mass is 35.5. The monoisotopic (exact) mass is 562 g/mol. The normalized spacial score (nSPS) is 10.6. The maximum atomic E-state index is 12.3. The highest BCUT2D eigenvalue weighted by molar-refractivity contribution is 6.45. The fourth-order valence-corrected chi connectivity index (χ4v) is 3.46. The number of nitrogens with zero attached hydrogens (tertiary/aromatic N) is 1. The number of hydrogen-bond acceptors (Lipinski definition) is 6. The Bertz CT molecular complexity index is 1360. The van der Waals surface area contributed by atoms with Gasteiger partial charge in [0.25, 0.3) is 5.91 Å². The molecule has 3 aromatic rings. The third-order valence-corrected chi connectivity index (χ3v) is 5.86. The van der Waals surface area contributed by atoms with Gasteiger partial charge in [-0.25, -0.2) is 5.43 Å². The second-order valence-corrected chi connectivity index (χ2v) is 8.68. The first-order chi connectivity index (χ1) is 17.7. The van der Waals surface area contributed by atoms with Crippen molar-refractivity contribution in [2.24, 2.45) is 5.10 Å². The van der Waals surface area contributed by atoms with Gasteiger partial charge in [-0.15, -0.1) is 0 Å². The summed E-state index contributed by atoms with van der Waals surface area (Å²) < 4.78 is 10.9. The van der Waals surface area contributed by atoms with Gasteiger partial charge in [-0.1, -0.05) is 46.9 Å². The molecule has 0 fully saturated rings. The van der Waals surface area contributed by atoms with Gasteiger partial charge in [0.05, 0.1) is 29.1 Å². The van der Waals surface area contributed by atoms with E-state index in [9.17, 15) is 14.4 Å². The molecular weight excluding hydrogens is 543 g/mol. The molecule has 0 saturated carbocycles. The van der Waals surface area contributed by atoms with E-state index in [2.05, 4.69) is 21.2 Å². The number of carbonyl (C=O) groups excluding carboxylic acids is 3. The SMILES string of the molecule is COc1cc(/C=N\NC(=O)C(=O)Nc2cccc(Cl)c2Cl)ccc1OCC(=O)Nc1cc(Cl)ccc1C. The number of hydrazone groups is 1. The molecule has 0 heterocycles. The number of ether oxygens (including phenoxy) is 2. The molecule has 192 valence electrons. The van der Waals surface area contributed by atoms with Crippen LogP contribution in [0.25, 0.3) is 0 Å². The van der Waals surface area contributed by atoms with E-state index in [1.54, 1.807) is 48.5 Å². The van der Waals surface area contributed by atoms with Gasteiger partial charge >= 0.3 is 11.8 Å². The van der Waals surface area contributed by atoms with Crippen LogP contribution in [0.4, 0.5) is 11.4 Å². The summed E-state index contributed by atoms with van der Waals surface area (Å²) in [7, 11) is 1.44. The van der Waals surface area contributed by atoms with Gasteiger partial charge in [0, 0.05) is 10.7 Å². The van der Waals surface area contributed by atoms with Gasteiger partial charge in [0.1, 0.15) is 0 Å². The number of halogens is 3. The fourth-order valence-electron chi connectivity index (χ4n) is 2.94. The van der Waals surface area contributed by atoms with Crippen molar-refractivity contribution in [2.45, 2.75) is 6.92 Å². The van der Waals surface area contributed by atoms with Crippen molar-refractivity contribution in [3.05, 3.63) is 80.8 Å². The van der Waals surface area contributed by atoms with Crippen molar-refractivity contribution < 1.29 is 23.9 Å². The number of methoxy groups -OCH3 is 1. The van der Waals surface area contributed by atoms with Crippen molar-refractivity contribution in [3.63, 3.8) is 0 Å². The van der Waals surface area contributed by atoms with Gasteiger partial charge in [0.2, 0.25) is 0 Å². The number of aryl methyl sites for hydroxylation is 1. The van der Waals surface area contributed by atoms with Gasteiger partial charge in [-0.3, -0.25) is 14.4 Å². The Morgan fingerprint density at radius 2 is 1.70 bits per heavy atom. The van der Waals surface area contributed by atoms with Crippen molar-refractivity contribution in [1.29, 1.82) is 0 Å². The molecule has 3 rings (SSSR count). The number of carbonyl (C=O) groups is 3. The molecule has 0 radical (unpaired) electrons. The standard InChI is InChI=1S/C25H21Cl3N4O5/c1-14-6-8-16(26)11-19(14)30-22(33)13-37-20-9-7-15(10-21(20)36-2)12-29-32-25(35)24(34)31-18-5-3-4-17(27)23(18)28/h3-12H,13H2,1-2H3,(H,30,33)(H,31,34)(H,32,35)/b29-12-. The fraction of sp³-hybridized carbons (Fsp3) is 0.120. The molecule has 0 aliphatic heterocycles. The first kappa shape index (κ1) is 27.8. The number of rotatable bonds is 8. The topological polar surface area (TPSA) is 118 Å². The van der Waals surface area contributed by atoms with Crippen LogP contribution in [0.3, 0.4) is 0 Å². The van der Waals surface area contributed by atoms with Crippen LogP contribution >= 0.6 is 34.8 Å². The minimum atomic E-state index is -1.01. The van der Waals surface area contributed by atoms with Crippen LogP contribution in [-0.4, -0.2) is 37.7 Å². The van der Waals surface area contributed by atoms with Gasteiger partial charge in [-0.05, 0) is 60.5 Å². The largest absolute Gasteiger partial charge is 0.493 e. The van der Waals surface area contributed by atoms with E-state index in [1.807, 2.05) is 6.92 Å². The molecule has 0 spiro atoms. The Morgan fingerprint density at radius 1 is 0.919 bits per heavy atom. The first-order valence-corrected chi connectivity index (χ1v) is 11.8. The van der Waals surface area contributed by atoms with E-state index in [0.717, 1.165) is 5.56 Å². The second kappa shape index (κ2) is 13.0. The summed E-state index contributed by atoms with van der Waals surface area (Å²) in [4.78, 5) is 36.4. The number of amides is 3. The van der Waals surface area contributed by atoms with Crippen LogP contribution < -0.4 is 25.5 Å². The lowest BCUT2D eigenvalue weighted by atomic mass is 10.2. The molecule has 0 aliphatic carbocycles. The summed E-state index contributed by atoms with van der Waals surface area (Å²) in [5.74, 6) is -1.72. The summed E-state index contributed by atoms with van der Waals surface area (Å²) >= 11 is 17.9. The highest BCUT2D eigenvalue weighted by Crippen LogP contribution is 2.30. The summed E-state index contributed by atoms with van der Waals surface area (Å²) in [5, 5.41) is 9.71. The van der Waals surface area contributed by atoms with Crippen molar-refractivity contribution in [2.75, 3.05) is 24.4 Å². The number of nitrogens with one attached hydrogen (secondary N) is 3. The van der Waals surface area contributed by atoms with E-state index in [4.69, 9.17) is 44.3 Å². The smallest absolute Gasteiger partial charge is 0.329 e. The lowest BCUT2D eigenvalue weighted by Gasteiger charge is -2.12. The molecule has 0 saturated heterocycles. The molecule has 9 nitrogen and oxygen atoms in total. The Hall–Kier alpha value is -3.79. The summed E-state index contributed by atoms with van der Waals surface area (Å²) in [5.41, 5.74) is 4.28. The van der Waals surface area contributed by atoms with E-state index in [1.165, 1.54) is 19.4 Å². The molecule has 0 aliphatic rings. The van der Waals surface area contributed by atoms with E-state index < -0.39 is 11.8 Å². The zero-order valence-corrected chi connectivity index (χ0v) is 21.9. The molecule has 3 aromatic carbocycles. The lowest BCUT2D eigenvalue weighted by molar-refractivity contribution is -0.136. The highest BCUT2D eigenvalue weighted by Gasteiger charge is 2.15. The Labute approximate surface area is 227 Å². The summed E-state index contributed by atoms with van der Waals surface area (Å²) in [6.07, 6.45) is 1.30. The third kappa shape index (κ3) is 7.85. The Morgan fingerprint density at radius 3 is 2.46 bits per heavy atom. The maximum Gasteiger partial charge on any atom is 0.329 e. The molecule has 12 heteroatoms. The molecule has 0 unspecified atom stereocenters. The Kier molecular flexibility index (Phi) is 9.73. The number of benzene rings is 3. The van der Waals surface area contributed by atoms with Crippen LogP contribution in [0.5, 0.6) is 11.5 Å². The zero-order valence-electron chi connectivity index (χ0n) is 19.6. The number of anilines is 2. The third-order valence-electron chi connectivity index (χ3n) is 4.81. The van der Waals surface area contributed by atoms with Crippen LogP contribution in [-0.2, 0) is 14.4 Å². The number of hydrogen-bond donors (Lipinski definition) is 3. The van der Waals surface area contributed by atoms with Crippen molar-refractivity contribution in [3.8, 4) is 11.5 Å². The first-order valence-electron chi connectivity index (χ1n) is 10.6. The summed E-state index contributed by atoms with van der Waals surface area (Å²) in [6.45, 7) is 1.58. The van der Waals surface area contributed by atoms with Crippen LogP contribution in [0.2, 0.25) is 15.1 Å². The molecule has 3 amide bonds. The van der Waals surface area contributed by atoms with Gasteiger partial charge in [0.15, 0.2) is 18.1 Å². The van der Waals surface area contributed by atoms with E-state index >= 15 is 0 Å². The Balaban J connectivity index is 1.55. The minimum absolute atomic E-state index is 0.111. The van der Waals surface area contributed by atoms with E-state index in [0.29, 0.717) is 27.8 Å². The molecule has 0 aromatic heterocycles. The average Bonchev–Trinajstić information content (AvgIpc) is 2.87. The van der Waals surface area contributed by atoms with Gasteiger partial charge < -0.3 is 20.1 Å². The maximum absolute atomic E-state index is 12.3. The molecular formula is C25H21Cl3N4O5. The molecule has 37 heavy (non-hydrogen) atoms. The van der Waals surface area contributed by atoms with Crippen LogP contribution in [0, 0.1) is 6.92 Å². The van der Waals surface area contributed by atoms with Crippen LogP contribution in [0.1, 0.15) is 11.1 Å². The zero-order chi connectivity index (χ0) is 26.9. The quantitative estimate of drug-likeness (QED) is 0.201. The van der Waals surface area contributed by atoms with Crippen molar-refractivity contribution >= 4 is 70.1 Å². The van der Waals surface area contributed by atoms with Crippen molar-refractivity contribution in [1.82, 2.24) is 5.43 Å². The minimum Gasteiger partial charge on any atom is -0.493 e. The second-order valence-electron chi connectivity index (χ2n) is 7.46. The van der Waals surface area contributed by atoms with Gasteiger partial charge in [-0.2, -0.15) is 5.10 Å².